The molecule has 1 aromatic heterocycles. The number of aromatic nitrogens is 1. The summed E-state index contributed by atoms with van der Waals surface area (Å²) in [6.45, 7) is 11.0. The average molecular weight is 500 g/mol. The van der Waals surface area contributed by atoms with E-state index in [4.69, 9.17) is 0 Å². The molecule has 0 bridgehead atoms. The van der Waals surface area contributed by atoms with E-state index in [0.717, 1.165) is 22.6 Å². The molecular weight excluding hydrogens is 462 g/mol. The predicted molar refractivity (Wildman–Crippen MR) is 152 cm³/mol. The summed E-state index contributed by atoms with van der Waals surface area (Å²) < 4.78 is 2.34. The van der Waals surface area contributed by atoms with Gasteiger partial charge in [0.05, 0.1) is 10.6 Å². The number of nitrogens with one attached hydrogen (secondary N) is 1. The molecule has 1 amide bonds. The Kier molecular flexibility index (Phi) is 7.03. The molecule has 0 spiro atoms. The van der Waals surface area contributed by atoms with E-state index in [1.54, 1.807) is 11.8 Å². The van der Waals surface area contributed by atoms with Gasteiger partial charge in [-0.3, -0.25) is 4.79 Å². The number of aryl methyl sites for hydroxylation is 3. The fraction of sp³-hybridized carbons (Fsp3) is 0.387. The van der Waals surface area contributed by atoms with Crippen molar-refractivity contribution < 1.29 is 4.79 Å². The van der Waals surface area contributed by atoms with Crippen LogP contribution in [0.3, 0.4) is 0 Å². The summed E-state index contributed by atoms with van der Waals surface area (Å²) in [4.78, 5) is 16.9. The van der Waals surface area contributed by atoms with Crippen molar-refractivity contribution >= 4 is 29.4 Å². The lowest BCUT2D eigenvalue weighted by atomic mass is 9.85. The molecular formula is C31H37N3OS. The number of amides is 1. The lowest BCUT2D eigenvalue weighted by Crippen LogP contribution is -2.48. The maximum absolute atomic E-state index is 13.9. The maximum atomic E-state index is 13.9. The zero-order chi connectivity index (χ0) is 25.4. The standard InChI is InChI=1S/C31H37N3OS/c1-20-12-9-10-17-27(20)34-30(35)28(36-31(34)32-26-15-7-6-8-16-26)19-25-18-23(4)33(24(25)5)29-21(2)13-11-14-22(29)3/h6-8,11,13-16,18-20,27,31-32H,9-10,12,17H2,1-5H3/b28-19-/t20-,27-,31?/m1/s1. The average Bonchev–Trinajstić information content (AvgIpc) is 3.30. The third-order valence-corrected chi connectivity index (χ3v) is 8.96. The number of carbonyl (C=O) groups is 1. The number of benzene rings is 2. The van der Waals surface area contributed by atoms with Gasteiger partial charge in [0, 0.05) is 23.1 Å². The SMILES string of the molecule is Cc1cccc(C)c1-n1c(C)cc(/C=C2\SC(Nc3ccccc3)N([C@@H]3CCCC[C@H]3C)C2=O)c1C. The van der Waals surface area contributed by atoms with Gasteiger partial charge >= 0.3 is 0 Å². The van der Waals surface area contributed by atoms with Gasteiger partial charge < -0.3 is 14.8 Å². The number of hydrogen-bond acceptors (Lipinski definition) is 3. The highest BCUT2D eigenvalue weighted by molar-refractivity contribution is 8.05. The molecule has 1 unspecified atom stereocenters. The second-order valence-corrected chi connectivity index (χ2v) is 11.6. The monoisotopic (exact) mass is 499 g/mol. The molecule has 1 saturated heterocycles. The van der Waals surface area contributed by atoms with Gasteiger partial charge in [0.1, 0.15) is 0 Å². The largest absolute Gasteiger partial charge is 0.356 e. The molecule has 1 saturated carbocycles. The summed E-state index contributed by atoms with van der Waals surface area (Å²) in [5.74, 6) is 0.667. The van der Waals surface area contributed by atoms with Crippen LogP contribution in [0.2, 0.25) is 0 Å². The van der Waals surface area contributed by atoms with E-state index in [-0.39, 0.29) is 17.4 Å². The normalized spacial score (nSPS) is 23.5. The van der Waals surface area contributed by atoms with Gasteiger partial charge in [-0.05, 0) is 87.4 Å². The summed E-state index contributed by atoms with van der Waals surface area (Å²) in [6, 6.07) is 19.2. The van der Waals surface area contributed by atoms with Crippen LogP contribution in [-0.4, -0.2) is 26.9 Å². The van der Waals surface area contributed by atoms with Crippen molar-refractivity contribution in [3.05, 3.63) is 87.6 Å². The first-order chi connectivity index (χ1) is 17.3. The molecule has 3 atom stereocenters. The lowest BCUT2D eigenvalue weighted by molar-refractivity contribution is -0.129. The lowest BCUT2D eigenvalue weighted by Gasteiger charge is -2.39. The van der Waals surface area contributed by atoms with Gasteiger partial charge in [-0.15, -0.1) is 0 Å². The molecule has 0 radical (unpaired) electrons. The molecule has 2 heterocycles. The maximum Gasteiger partial charge on any atom is 0.262 e. The van der Waals surface area contributed by atoms with Crippen LogP contribution < -0.4 is 5.32 Å². The van der Waals surface area contributed by atoms with Gasteiger partial charge in [0.2, 0.25) is 0 Å². The van der Waals surface area contributed by atoms with E-state index < -0.39 is 0 Å². The molecule has 5 rings (SSSR count). The Bertz CT molecular complexity index is 1270. The number of rotatable bonds is 5. The van der Waals surface area contributed by atoms with E-state index in [2.05, 4.69) is 91.9 Å². The molecule has 2 aromatic carbocycles. The molecule has 5 heteroatoms. The first-order valence-corrected chi connectivity index (χ1v) is 14.0. The second kappa shape index (κ2) is 10.2. The van der Waals surface area contributed by atoms with Crippen molar-refractivity contribution in [2.24, 2.45) is 5.92 Å². The summed E-state index contributed by atoms with van der Waals surface area (Å²) in [7, 11) is 0. The van der Waals surface area contributed by atoms with Crippen molar-refractivity contribution in [1.29, 1.82) is 0 Å². The third-order valence-electron chi connectivity index (χ3n) is 7.84. The van der Waals surface area contributed by atoms with Crippen LogP contribution in [0.4, 0.5) is 5.69 Å². The molecule has 1 aliphatic carbocycles. The Morgan fingerprint density at radius 2 is 1.64 bits per heavy atom. The van der Waals surface area contributed by atoms with E-state index in [1.165, 1.54) is 47.5 Å². The van der Waals surface area contributed by atoms with E-state index in [9.17, 15) is 4.79 Å². The fourth-order valence-corrected chi connectivity index (χ4v) is 7.15. The van der Waals surface area contributed by atoms with E-state index >= 15 is 0 Å². The zero-order valence-corrected chi connectivity index (χ0v) is 22.9. The molecule has 36 heavy (non-hydrogen) atoms. The smallest absolute Gasteiger partial charge is 0.262 e. The molecule has 1 aliphatic heterocycles. The summed E-state index contributed by atoms with van der Waals surface area (Å²) in [5, 5.41) is 3.65. The molecule has 1 N–H and O–H groups in total. The Hall–Kier alpha value is -2.92. The summed E-state index contributed by atoms with van der Waals surface area (Å²) in [5.41, 5.74) is 8.17. The van der Waals surface area contributed by atoms with Crippen molar-refractivity contribution in [1.82, 2.24) is 9.47 Å². The van der Waals surface area contributed by atoms with Gasteiger partial charge in [-0.25, -0.2) is 0 Å². The molecule has 4 nitrogen and oxygen atoms in total. The van der Waals surface area contributed by atoms with Crippen molar-refractivity contribution in [2.45, 2.75) is 71.8 Å². The first kappa shape index (κ1) is 24.8. The molecule has 3 aromatic rings. The van der Waals surface area contributed by atoms with Crippen molar-refractivity contribution in [2.75, 3.05) is 5.32 Å². The molecule has 2 fully saturated rings. The van der Waals surface area contributed by atoms with Crippen LogP contribution in [0.15, 0.2) is 59.5 Å². The number of thioether (sulfide) groups is 1. The zero-order valence-electron chi connectivity index (χ0n) is 22.0. The van der Waals surface area contributed by atoms with Crippen molar-refractivity contribution in [3.63, 3.8) is 0 Å². The van der Waals surface area contributed by atoms with Gasteiger partial charge in [0.15, 0.2) is 5.50 Å². The third kappa shape index (κ3) is 4.61. The van der Waals surface area contributed by atoms with Crippen LogP contribution >= 0.6 is 11.8 Å². The quantitative estimate of drug-likeness (QED) is 0.367. The topological polar surface area (TPSA) is 37.3 Å². The Morgan fingerprint density at radius 3 is 2.33 bits per heavy atom. The minimum absolute atomic E-state index is 0.0983. The van der Waals surface area contributed by atoms with Crippen LogP contribution in [0.1, 0.15) is 60.7 Å². The summed E-state index contributed by atoms with van der Waals surface area (Å²) in [6.07, 6.45) is 6.84. The van der Waals surface area contributed by atoms with E-state index in [1.807, 2.05) is 18.2 Å². The predicted octanol–water partition coefficient (Wildman–Crippen LogP) is 7.60. The molecule has 2 aliphatic rings. The van der Waals surface area contributed by atoms with Gasteiger partial charge in [-0.1, -0.05) is 67.9 Å². The molecule has 188 valence electrons. The fourth-order valence-electron chi connectivity index (χ4n) is 5.94. The Labute approximate surface area is 219 Å². The number of para-hydroxylation sites is 2. The van der Waals surface area contributed by atoms with Gasteiger partial charge in [-0.2, -0.15) is 0 Å². The highest BCUT2D eigenvalue weighted by Gasteiger charge is 2.43. The first-order valence-electron chi connectivity index (χ1n) is 13.1. The van der Waals surface area contributed by atoms with E-state index in [0.29, 0.717) is 5.92 Å². The van der Waals surface area contributed by atoms with Crippen molar-refractivity contribution in [3.8, 4) is 5.69 Å². The number of hydrogen-bond donors (Lipinski definition) is 1. The Morgan fingerprint density at radius 1 is 0.944 bits per heavy atom. The van der Waals surface area contributed by atoms with Crippen LogP contribution in [-0.2, 0) is 4.79 Å². The second-order valence-electron chi connectivity index (χ2n) is 10.4. The van der Waals surface area contributed by atoms with Crippen LogP contribution in [0.5, 0.6) is 0 Å². The minimum Gasteiger partial charge on any atom is -0.356 e. The van der Waals surface area contributed by atoms with Crippen LogP contribution in [0, 0.1) is 33.6 Å². The number of carbonyl (C=O) groups excluding carboxylic acids is 1. The van der Waals surface area contributed by atoms with Crippen LogP contribution in [0.25, 0.3) is 11.8 Å². The Balaban J connectivity index is 1.52. The number of nitrogens with zero attached hydrogens (tertiary/aromatic N) is 2. The summed E-state index contributed by atoms with van der Waals surface area (Å²) >= 11 is 1.66. The number of anilines is 1. The highest BCUT2D eigenvalue weighted by Crippen LogP contribution is 2.42. The highest BCUT2D eigenvalue weighted by atomic mass is 32.2. The minimum atomic E-state index is -0.0983. The van der Waals surface area contributed by atoms with Gasteiger partial charge in [0.25, 0.3) is 5.91 Å².